The maximum Gasteiger partial charge on any atom is 0.259 e. The fourth-order valence-electron chi connectivity index (χ4n) is 5.40. The van der Waals surface area contributed by atoms with Crippen LogP contribution in [0.1, 0.15) is 53.4 Å². The molecule has 5 nitrogen and oxygen atoms in total. The van der Waals surface area contributed by atoms with Crippen LogP contribution in [0.4, 0.5) is 5.69 Å². The summed E-state index contributed by atoms with van der Waals surface area (Å²) in [6.45, 7) is 8.74. The number of H-pyrrole nitrogens is 1. The minimum Gasteiger partial charge on any atom is -0.369 e. The summed E-state index contributed by atoms with van der Waals surface area (Å²) in [5.41, 5.74) is 10.8. The first kappa shape index (κ1) is 23.9. The number of aromatic amines is 1. The van der Waals surface area contributed by atoms with Gasteiger partial charge in [0.25, 0.3) is 5.91 Å². The Kier molecular flexibility index (Phi) is 6.85. The number of nitrogens with two attached hydrogens (primary N) is 1. The monoisotopic (exact) mass is 488 g/mol. The summed E-state index contributed by atoms with van der Waals surface area (Å²) in [6, 6.07) is 15.2. The lowest BCUT2D eigenvalue weighted by Crippen LogP contribution is -2.44. The molecule has 0 bridgehead atoms. The molecule has 4 aromatic rings. The van der Waals surface area contributed by atoms with E-state index < -0.39 is 0 Å². The first-order valence-corrected chi connectivity index (χ1v) is 13.6. The zero-order valence-corrected chi connectivity index (χ0v) is 21.8. The maximum atomic E-state index is 12.7. The van der Waals surface area contributed by atoms with Gasteiger partial charge in [0.1, 0.15) is 0 Å². The third-order valence-corrected chi connectivity index (χ3v) is 8.63. The summed E-state index contributed by atoms with van der Waals surface area (Å²) in [7, 11) is 2.18. The van der Waals surface area contributed by atoms with E-state index in [1.807, 2.05) is 0 Å². The Morgan fingerprint density at radius 3 is 2.57 bits per heavy atom. The third kappa shape index (κ3) is 4.95. The van der Waals surface area contributed by atoms with Crippen molar-refractivity contribution in [3.05, 3.63) is 64.7 Å². The smallest absolute Gasteiger partial charge is 0.259 e. The number of nitrogens with zero attached hydrogens (tertiary/aromatic N) is 2. The summed E-state index contributed by atoms with van der Waals surface area (Å²) in [4.78, 5) is 21.7. The lowest BCUT2D eigenvalue weighted by Gasteiger charge is -2.34. The number of piperazine rings is 1. The van der Waals surface area contributed by atoms with E-state index in [4.69, 9.17) is 5.73 Å². The molecule has 1 fully saturated rings. The van der Waals surface area contributed by atoms with E-state index in [2.05, 4.69) is 84.3 Å². The molecule has 0 radical (unpaired) electrons. The van der Waals surface area contributed by atoms with E-state index in [-0.39, 0.29) is 11.8 Å². The number of anilines is 1. The molecule has 1 aliphatic heterocycles. The van der Waals surface area contributed by atoms with Crippen molar-refractivity contribution >= 4 is 43.9 Å². The molecule has 0 saturated carbocycles. The predicted octanol–water partition coefficient (Wildman–Crippen LogP) is 6.00. The highest BCUT2D eigenvalue weighted by Crippen LogP contribution is 2.42. The maximum absolute atomic E-state index is 12.7. The topological polar surface area (TPSA) is 65.4 Å². The summed E-state index contributed by atoms with van der Waals surface area (Å²) in [5, 5.41) is 2.45. The van der Waals surface area contributed by atoms with Crippen molar-refractivity contribution in [3.8, 4) is 0 Å². The summed E-state index contributed by atoms with van der Waals surface area (Å²) < 4.78 is 1.17. The van der Waals surface area contributed by atoms with Gasteiger partial charge in [-0.1, -0.05) is 44.5 Å². The van der Waals surface area contributed by atoms with Gasteiger partial charge in [-0.25, -0.2) is 0 Å². The number of amides is 1. The third-order valence-electron chi connectivity index (χ3n) is 7.45. The quantitative estimate of drug-likeness (QED) is 0.320. The van der Waals surface area contributed by atoms with E-state index in [1.165, 1.54) is 26.7 Å². The van der Waals surface area contributed by atoms with Crippen molar-refractivity contribution in [2.24, 2.45) is 11.7 Å². The SMILES string of the molecule is CC(C)CCC(Cc1c[nH]c2ccccc12)c1c(C(N)=O)sc2cc(N3CCN(C)CC3)ccc12. The van der Waals surface area contributed by atoms with Gasteiger partial charge in [-0.05, 0) is 66.4 Å². The molecule has 1 aliphatic rings. The average molecular weight is 489 g/mol. The van der Waals surface area contributed by atoms with Crippen LogP contribution in [0.5, 0.6) is 0 Å². The van der Waals surface area contributed by atoms with Crippen LogP contribution in [0.15, 0.2) is 48.7 Å². The number of para-hydroxylation sites is 1. The number of hydrogen-bond donors (Lipinski definition) is 2. The first-order chi connectivity index (χ1) is 16.9. The van der Waals surface area contributed by atoms with Crippen LogP contribution in [0.3, 0.4) is 0 Å². The normalized spacial score (nSPS) is 15.9. The molecule has 1 saturated heterocycles. The number of nitrogens with one attached hydrogen (secondary N) is 1. The number of hydrogen-bond acceptors (Lipinski definition) is 4. The second kappa shape index (κ2) is 10.0. The molecule has 5 rings (SSSR count). The minimum absolute atomic E-state index is 0.238. The molecular weight excluding hydrogens is 452 g/mol. The van der Waals surface area contributed by atoms with E-state index in [0.717, 1.165) is 61.4 Å². The highest BCUT2D eigenvalue weighted by Gasteiger charge is 2.26. The number of likely N-dealkylation sites (N-methyl/N-ethyl adjacent to an activating group) is 1. The molecule has 1 atom stereocenters. The van der Waals surface area contributed by atoms with E-state index in [9.17, 15) is 4.79 Å². The summed E-state index contributed by atoms with van der Waals surface area (Å²) in [5.74, 6) is 0.532. The molecule has 0 spiro atoms. The van der Waals surface area contributed by atoms with Gasteiger partial charge < -0.3 is 20.5 Å². The van der Waals surface area contributed by atoms with E-state index in [0.29, 0.717) is 5.92 Å². The van der Waals surface area contributed by atoms with Crippen molar-refractivity contribution < 1.29 is 4.79 Å². The Balaban J connectivity index is 1.55. The minimum atomic E-state index is -0.309. The van der Waals surface area contributed by atoms with Crippen molar-refractivity contribution in [2.45, 2.75) is 39.0 Å². The van der Waals surface area contributed by atoms with Crippen LogP contribution >= 0.6 is 11.3 Å². The van der Waals surface area contributed by atoms with Crippen molar-refractivity contribution in [2.75, 3.05) is 38.1 Å². The van der Waals surface area contributed by atoms with Crippen molar-refractivity contribution in [1.82, 2.24) is 9.88 Å². The molecular formula is C29H36N4OS. The van der Waals surface area contributed by atoms with Gasteiger partial charge in [-0.3, -0.25) is 4.79 Å². The number of rotatable bonds is 8. The van der Waals surface area contributed by atoms with Gasteiger partial charge in [-0.15, -0.1) is 11.3 Å². The Morgan fingerprint density at radius 1 is 1.06 bits per heavy atom. The number of carbonyl (C=O) groups excluding carboxylic acids is 1. The van der Waals surface area contributed by atoms with Gasteiger partial charge in [-0.2, -0.15) is 0 Å². The highest BCUT2D eigenvalue weighted by molar-refractivity contribution is 7.21. The van der Waals surface area contributed by atoms with Crippen LogP contribution in [-0.2, 0) is 6.42 Å². The van der Waals surface area contributed by atoms with Crippen LogP contribution in [0, 0.1) is 5.92 Å². The summed E-state index contributed by atoms with van der Waals surface area (Å²) >= 11 is 1.57. The van der Waals surface area contributed by atoms with Crippen molar-refractivity contribution in [1.29, 1.82) is 0 Å². The Morgan fingerprint density at radius 2 is 1.83 bits per heavy atom. The second-order valence-electron chi connectivity index (χ2n) is 10.4. The Labute approximate surface area is 211 Å². The van der Waals surface area contributed by atoms with Gasteiger partial charge in [0, 0.05) is 53.7 Å². The number of carbonyl (C=O) groups is 1. The molecule has 3 N–H and O–H groups in total. The highest BCUT2D eigenvalue weighted by atomic mass is 32.1. The number of thiophene rings is 1. The second-order valence-corrected chi connectivity index (χ2v) is 11.5. The lowest BCUT2D eigenvalue weighted by molar-refractivity contribution is 0.100. The van der Waals surface area contributed by atoms with Gasteiger partial charge in [0.2, 0.25) is 0 Å². The van der Waals surface area contributed by atoms with Crippen LogP contribution < -0.4 is 10.6 Å². The van der Waals surface area contributed by atoms with Crippen molar-refractivity contribution in [3.63, 3.8) is 0 Å². The summed E-state index contributed by atoms with van der Waals surface area (Å²) in [6.07, 6.45) is 5.17. The molecule has 184 valence electrons. The Hall–Kier alpha value is -2.83. The molecule has 35 heavy (non-hydrogen) atoms. The fraction of sp³-hybridized carbons (Fsp3) is 0.414. The van der Waals surface area contributed by atoms with Crippen LogP contribution in [0.25, 0.3) is 21.0 Å². The van der Waals surface area contributed by atoms with E-state index in [1.54, 1.807) is 11.3 Å². The lowest BCUT2D eigenvalue weighted by atomic mass is 9.84. The molecule has 2 aromatic heterocycles. The molecule has 3 heterocycles. The standard InChI is InChI=1S/C29H36N4OS/c1-19(2)8-9-20(16-21-18-31-25-7-5-4-6-23(21)25)27-24-11-10-22(33-14-12-32(3)13-15-33)17-26(24)35-28(27)29(30)34/h4-7,10-11,17-20,31H,8-9,12-16H2,1-3H3,(H2,30,34). The molecule has 2 aromatic carbocycles. The number of fused-ring (bicyclic) bond motifs is 2. The number of primary amides is 1. The van der Waals surface area contributed by atoms with Gasteiger partial charge in [0.15, 0.2) is 0 Å². The fourth-order valence-corrected chi connectivity index (χ4v) is 6.58. The van der Waals surface area contributed by atoms with Crippen LogP contribution in [0.2, 0.25) is 0 Å². The zero-order chi connectivity index (χ0) is 24.5. The predicted molar refractivity (Wildman–Crippen MR) is 149 cm³/mol. The largest absolute Gasteiger partial charge is 0.369 e. The van der Waals surface area contributed by atoms with Crippen LogP contribution in [-0.4, -0.2) is 49.0 Å². The Bertz CT molecular complexity index is 1330. The first-order valence-electron chi connectivity index (χ1n) is 12.8. The molecule has 1 amide bonds. The molecule has 6 heteroatoms. The number of benzene rings is 2. The average Bonchev–Trinajstić information content (AvgIpc) is 3.43. The van der Waals surface area contributed by atoms with Gasteiger partial charge >= 0.3 is 0 Å². The zero-order valence-electron chi connectivity index (χ0n) is 21.0. The van der Waals surface area contributed by atoms with Gasteiger partial charge in [0.05, 0.1) is 4.88 Å². The molecule has 1 unspecified atom stereocenters. The van der Waals surface area contributed by atoms with E-state index >= 15 is 0 Å². The molecule has 0 aliphatic carbocycles. The number of aromatic nitrogens is 1.